The Bertz CT molecular complexity index is 827. The quantitative estimate of drug-likeness (QED) is 0.488. The van der Waals surface area contributed by atoms with Crippen LogP contribution >= 0.6 is 0 Å². The molecule has 0 aliphatic heterocycles. The van der Waals surface area contributed by atoms with E-state index in [2.05, 4.69) is 10.6 Å². The minimum Gasteiger partial charge on any atom is -0.478 e. The van der Waals surface area contributed by atoms with Gasteiger partial charge in [0, 0.05) is 23.7 Å². The number of likely N-dealkylation sites (N-methyl/N-ethyl adjacent to an activating group) is 1. The minimum atomic E-state index is -1.02. The summed E-state index contributed by atoms with van der Waals surface area (Å²) < 4.78 is 0. The van der Waals surface area contributed by atoms with E-state index in [0.29, 0.717) is 16.8 Å². The maximum absolute atomic E-state index is 12.5. The Morgan fingerprint density at radius 1 is 1.08 bits per heavy atom. The summed E-state index contributed by atoms with van der Waals surface area (Å²) in [5.74, 6) is -1.29. The number of allylic oxidation sites excluding steroid dienone is 1. The topological polar surface area (TPSA) is 128 Å². The predicted molar refractivity (Wildman–Crippen MR) is 101 cm³/mol. The molecule has 0 heterocycles. The van der Waals surface area contributed by atoms with Crippen molar-refractivity contribution < 1.29 is 14.7 Å². The molecule has 26 heavy (non-hydrogen) atoms. The maximum atomic E-state index is 12.5. The Morgan fingerprint density at radius 3 is 2.12 bits per heavy atom. The van der Waals surface area contributed by atoms with E-state index in [4.69, 9.17) is 16.2 Å². The lowest BCUT2D eigenvalue weighted by molar-refractivity contribution is -0.118. The first-order valence-electron chi connectivity index (χ1n) is 7.84. The molecule has 134 valence electrons. The molecule has 2 rings (SSSR count). The number of hydrogen-bond donors (Lipinski definition) is 5. The summed E-state index contributed by atoms with van der Waals surface area (Å²) in [5.41, 5.74) is 8.23. The number of aromatic carboxylic acids is 1. The lowest BCUT2D eigenvalue weighted by Crippen LogP contribution is -2.30. The van der Waals surface area contributed by atoms with E-state index in [0.717, 1.165) is 11.8 Å². The monoisotopic (exact) mass is 352 g/mol. The third kappa shape index (κ3) is 4.34. The van der Waals surface area contributed by atoms with E-state index >= 15 is 0 Å². The van der Waals surface area contributed by atoms with E-state index in [-0.39, 0.29) is 11.5 Å². The van der Waals surface area contributed by atoms with Gasteiger partial charge in [-0.05, 0) is 42.4 Å². The Morgan fingerprint density at radius 2 is 1.65 bits per heavy atom. The number of anilines is 1. The normalized spacial score (nSPS) is 12.3. The maximum Gasteiger partial charge on any atom is 0.335 e. The first-order valence-corrected chi connectivity index (χ1v) is 7.84. The molecular weight excluding hydrogens is 332 g/mol. The van der Waals surface area contributed by atoms with Crippen LogP contribution in [-0.2, 0) is 4.79 Å². The van der Waals surface area contributed by atoms with E-state index in [9.17, 15) is 9.59 Å². The number of carboxylic acids is 1. The summed E-state index contributed by atoms with van der Waals surface area (Å²) in [7, 11) is 1.65. The fourth-order valence-electron chi connectivity index (χ4n) is 2.46. The molecule has 7 heteroatoms. The summed E-state index contributed by atoms with van der Waals surface area (Å²) in [6, 6.07) is 12.5. The molecule has 2 aromatic rings. The molecule has 1 atom stereocenters. The third-order valence-electron chi connectivity index (χ3n) is 3.86. The highest BCUT2D eigenvalue weighted by molar-refractivity contribution is 6.08. The van der Waals surface area contributed by atoms with Gasteiger partial charge in [-0.1, -0.05) is 24.3 Å². The number of hydrogen-bond acceptors (Lipinski definition) is 5. The van der Waals surface area contributed by atoms with Crippen molar-refractivity contribution in [3.8, 4) is 0 Å². The van der Waals surface area contributed by atoms with E-state index < -0.39 is 12.0 Å². The first-order chi connectivity index (χ1) is 12.5. The second-order valence-corrected chi connectivity index (χ2v) is 5.48. The molecule has 0 spiro atoms. The fourth-order valence-corrected chi connectivity index (χ4v) is 2.46. The molecule has 0 aliphatic rings. The van der Waals surface area contributed by atoms with Crippen LogP contribution in [0.5, 0.6) is 0 Å². The average Bonchev–Trinajstić information content (AvgIpc) is 2.65. The van der Waals surface area contributed by atoms with Gasteiger partial charge in [0.2, 0.25) is 5.91 Å². The highest BCUT2D eigenvalue weighted by atomic mass is 16.4. The van der Waals surface area contributed by atoms with Gasteiger partial charge in [-0.15, -0.1) is 0 Å². The van der Waals surface area contributed by atoms with Crippen LogP contribution in [0.25, 0.3) is 5.57 Å². The summed E-state index contributed by atoms with van der Waals surface area (Å²) in [5, 5.41) is 22.0. The Hall–Kier alpha value is -3.45. The van der Waals surface area contributed by atoms with Crippen molar-refractivity contribution in [2.24, 2.45) is 5.73 Å². The molecule has 1 unspecified atom stereocenters. The van der Waals surface area contributed by atoms with Gasteiger partial charge in [0.05, 0.1) is 5.56 Å². The van der Waals surface area contributed by atoms with Crippen LogP contribution in [0, 0.1) is 5.41 Å². The second kappa shape index (κ2) is 8.59. The van der Waals surface area contributed by atoms with Gasteiger partial charge in [-0.25, -0.2) is 4.79 Å². The van der Waals surface area contributed by atoms with Gasteiger partial charge in [-0.2, -0.15) is 0 Å². The van der Waals surface area contributed by atoms with Crippen LogP contribution in [0.1, 0.15) is 27.5 Å². The van der Waals surface area contributed by atoms with Crippen molar-refractivity contribution in [2.45, 2.75) is 6.04 Å². The molecule has 0 aliphatic carbocycles. The number of rotatable bonds is 7. The van der Waals surface area contributed by atoms with Crippen molar-refractivity contribution >= 4 is 29.4 Å². The average molecular weight is 352 g/mol. The second-order valence-electron chi connectivity index (χ2n) is 5.48. The standard InChI is InChI=1S/C19H20N4O3/c1-22-17(13-2-4-14(5-3-13)19(25)26)18(24)23-16-8-6-12(7-9-16)15(10-20)11-21/h2-11,17,20,22H,21H2,1H3,(H,23,24)(H,25,26)/b15-11+,20-10?. The Labute approximate surface area is 151 Å². The zero-order valence-electron chi connectivity index (χ0n) is 14.2. The van der Waals surface area contributed by atoms with Gasteiger partial charge in [0.25, 0.3) is 0 Å². The van der Waals surface area contributed by atoms with E-state index in [1.165, 1.54) is 18.3 Å². The van der Waals surface area contributed by atoms with Crippen LogP contribution < -0.4 is 16.4 Å². The summed E-state index contributed by atoms with van der Waals surface area (Å²) >= 11 is 0. The van der Waals surface area contributed by atoms with Crippen molar-refractivity contribution in [1.29, 1.82) is 5.41 Å². The third-order valence-corrected chi connectivity index (χ3v) is 3.86. The smallest absolute Gasteiger partial charge is 0.335 e. The van der Waals surface area contributed by atoms with Crippen LogP contribution in [0.15, 0.2) is 54.7 Å². The summed E-state index contributed by atoms with van der Waals surface area (Å²) in [4.78, 5) is 23.5. The number of carboxylic acid groups (broad SMARTS) is 1. The molecule has 0 aromatic heterocycles. The number of nitrogens with one attached hydrogen (secondary N) is 3. The fraction of sp³-hybridized carbons (Fsp3) is 0.105. The van der Waals surface area contributed by atoms with E-state index in [1.807, 2.05) is 0 Å². The lowest BCUT2D eigenvalue weighted by Gasteiger charge is -2.17. The number of carbonyl (C=O) groups excluding carboxylic acids is 1. The number of nitrogens with two attached hydrogens (primary N) is 1. The number of carbonyl (C=O) groups is 2. The van der Waals surface area contributed by atoms with Crippen molar-refractivity contribution in [3.63, 3.8) is 0 Å². The molecular formula is C19H20N4O3. The molecule has 2 aromatic carbocycles. The van der Waals surface area contributed by atoms with Gasteiger partial charge in [-0.3, -0.25) is 4.79 Å². The summed E-state index contributed by atoms with van der Waals surface area (Å²) in [6.45, 7) is 0. The highest BCUT2D eigenvalue weighted by Gasteiger charge is 2.19. The SMILES string of the molecule is CNC(C(=O)Nc1ccc(/C(C=N)=C/N)cc1)c1ccc(C(=O)O)cc1. The van der Waals surface area contributed by atoms with Crippen LogP contribution in [0.3, 0.4) is 0 Å². The van der Waals surface area contributed by atoms with Gasteiger partial charge in [0.15, 0.2) is 0 Å². The number of amides is 1. The lowest BCUT2D eigenvalue weighted by atomic mass is 10.0. The van der Waals surface area contributed by atoms with Crippen LogP contribution in [-0.4, -0.2) is 30.2 Å². The minimum absolute atomic E-state index is 0.162. The van der Waals surface area contributed by atoms with Crippen molar-refractivity contribution in [1.82, 2.24) is 5.32 Å². The molecule has 1 amide bonds. The highest BCUT2D eigenvalue weighted by Crippen LogP contribution is 2.19. The molecule has 0 bridgehead atoms. The van der Waals surface area contributed by atoms with Gasteiger partial charge in [0.1, 0.15) is 6.04 Å². The molecule has 6 N–H and O–H groups in total. The zero-order valence-corrected chi connectivity index (χ0v) is 14.2. The molecule has 0 fully saturated rings. The largest absolute Gasteiger partial charge is 0.478 e. The van der Waals surface area contributed by atoms with Crippen molar-refractivity contribution in [3.05, 3.63) is 71.4 Å². The number of benzene rings is 2. The van der Waals surface area contributed by atoms with Crippen molar-refractivity contribution in [2.75, 3.05) is 12.4 Å². The molecule has 7 nitrogen and oxygen atoms in total. The Kier molecular flexibility index (Phi) is 6.24. The van der Waals surface area contributed by atoms with Gasteiger partial charge < -0.3 is 26.9 Å². The summed E-state index contributed by atoms with van der Waals surface area (Å²) in [6.07, 6.45) is 2.50. The molecule has 0 saturated carbocycles. The molecule has 0 radical (unpaired) electrons. The van der Waals surface area contributed by atoms with E-state index in [1.54, 1.807) is 43.4 Å². The Balaban J connectivity index is 2.13. The first kappa shape index (κ1) is 18.9. The van der Waals surface area contributed by atoms with Gasteiger partial charge >= 0.3 is 5.97 Å². The predicted octanol–water partition coefficient (Wildman–Crippen LogP) is 2.23. The van der Waals surface area contributed by atoms with Crippen LogP contribution in [0.4, 0.5) is 5.69 Å². The van der Waals surface area contributed by atoms with Crippen LogP contribution in [0.2, 0.25) is 0 Å². The molecule has 0 saturated heterocycles. The zero-order chi connectivity index (χ0) is 19.1.